The summed E-state index contributed by atoms with van der Waals surface area (Å²) in [6.45, 7) is -0.279. The van der Waals surface area contributed by atoms with Gasteiger partial charge in [0, 0.05) is 5.02 Å². The van der Waals surface area contributed by atoms with Gasteiger partial charge in [-0.25, -0.2) is 0 Å². The quantitative estimate of drug-likeness (QED) is 0.637. The minimum Gasteiger partial charge on any atom is -0.323 e. The Bertz CT molecular complexity index is 848. The van der Waals surface area contributed by atoms with Crippen LogP contribution in [0.25, 0.3) is 0 Å². The maximum absolute atomic E-state index is 12.9. The summed E-state index contributed by atoms with van der Waals surface area (Å²) in [6, 6.07) is 4.72. The Labute approximate surface area is 160 Å². The maximum atomic E-state index is 12.9. The van der Waals surface area contributed by atoms with Crippen molar-refractivity contribution in [2.75, 3.05) is 11.9 Å². The molecule has 1 aromatic rings. The van der Waals surface area contributed by atoms with Crippen LogP contribution >= 0.6 is 23.2 Å². The van der Waals surface area contributed by atoms with Gasteiger partial charge in [-0.1, -0.05) is 35.4 Å². The van der Waals surface area contributed by atoms with E-state index in [0.29, 0.717) is 27.6 Å². The Hall–Kier alpha value is -1.85. The van der Waals surface area contributed by atoms with Crippen molar-refractivity contribution in [1.82, 2.24) is 4.90 Å². The molecule has 0 radical (unpaired) electrons. The Morgan fingerprint density at radius 2 is 1.69 bits per heavy atom. The van der Waals surface area contributed by atoms with E-state index in [4.69, 9.17) is 23.2 Å². The van der Waals surface area contributed by atoms with E-state index in [9.17, 15) is 14.4 Å². The lowest BCUT2D eigenvalue weighted by Gasteiger charge is -2.37. The van der Waals surface area contributed by atoms with Gasteiger partial charge < -0.3 is 5.32 Å². The van der Waals surface area contributed by atoms with Crippen molar-refractivity contribution in [3.63, 3.8) is 0 Å². The van der Waals surface area contributed by atoms with Crippen LogP contribution < -0.4 is 5.32 Å². The van der Waals surface area contributed by atoms with E-state index in [1.54, 1.807) is 12.1 Å². The molecule has 1 aliphatic heterocycles. The summed E-state index contributed by atoms with van der Waals surface area (Å²) in [6.07, 6.45) is 5.34. The number of rotatable bonds is 3. The van der Waals surface area contributed by atoms with Crippen molar-refractivity contribution in [3.8, 4) is 0 Å². The zero-order valence-electron chi connectivity index (χ0n) is 13.7. The normalized spacial score (nSPS) is 36.2. The molecular weight excluding hydrogens is 375 g/mol. The van der Waals surface area contributed by atoms with Crippen molar-refractivity contribution < 1.29 is 14.4 Å². The average molecular weight is 391 g/mol. The number of halogens is 2. The number of anilines is 1. The van der Waals surface area contributed by atoms with Crippen molar-refractivity contribution in [2.24, 2.45) is 35.5 Å². The van der Waals surface area contributed by atoms with Crippen LogP contribution in [-0.2, 0) is 14.4 Å². The molecule has 26 heavy (non-hydrogen) atoms. The van der Waals surface area contributed by atoms with Gasteiger partial charge in [0.05, 0.1) is 22.5 Å². The van der Waals surface area contributed by atoms with E-state index < -0.39 is 5.91 Å². The van der Waals surface area contributed by atoms with Crippen molar-refractivity contribution >= 4 is 46.6 Å². The lowest BCUT2D eigenvalue weighted by atomic mass is 9.63. The summed E-state index contributed by atoms with van der Waals surface area (Å²) in [7, 11) is 0. The summed E-state index contributed by atoms with van der Waals surface area (Å²) in [5, 5.41) is 3.42. The zero-order valence-corrected chi connectivity index (χ0v) is 15.2. The van der Waals surface area contributed by atoms with E-state index in [1.165, 1.54) is 6.07 Å². The molecule has 3 amide bonds. The topological polar surface area (TPSA) is 66.5 Å². The first-order chi connectivity index (χ1) is 12.5. The van der Waals surface area contributed by atoms with Gasteiger partial charge in [0.25, 0.3) is 0 Å². The van der Waals surface area contributed by atoms with Gasteiger partial charge in [-0.15, -0.1) is 0 Å². The second kappa shape index (κ2) is 5.57. The highest BCUT2D eigenvalue weighted by atomic mass is 35.5. The summed E-state index contributed by atoms with van der Waals surface area (Å²) >= 11 is 11.9. The molecule has 134 valence electrons. The van der Waals surface area contributed by atoms with Gasteiger partial charge in [-0.05, 0) is 48.3 Å². The van der Waals surface area contributed by atoms with Crippen LogP contribution in [0.5, 0.6) is 0 Å². The molecular formula is C19H16Cl2N2O3. The molecule has 6 atom stereocenters. The smallest absolute Gasteiger partial charge is 0.244 e. The lowest BCUT2D eigenvalue weighted by molar-refractivity contribution is -0.142. The average Bonchev–Trinajstić information content (AvgIpc) is 3.39. The predicted molar refractivity (Wildman–Crippen MR) is 96.5 cm³/mol. The number of amides is 3. The molecule has 1 heterocycles. The van der Waals surface area contributed by atoms with E-state index >= 15 is 0 Å². The largest absolute Gasteiger partial charge is 0.323 e. The highest BCUT2D eigenvalue weighted by Gasteiger charge is 2.67. The lowest BCUT2D eigenvalue weighted by Crippen LogP contribution is -2.40. The molecule has 4 aliphatic carbocycles. The molecule has 2 bridgehead atoms. The van der Waals surface area contributed by atoms with Gasteiger partial charge >= 0.3 is 0 Å². The van der Waals surface area contributed by atoms with Gasteiger partial charge in [-0.3, -0.25) is 19.3 Å². The second-order valence-corrected chi connectivity index (χ2v) is 8.43. The van der Waals surface area contributed by atoms with Gasteiger partial charge in [-0.2, -0.15) is 0 Å². The third-order valence-electron chi connectivity index (χ3n) is 6.26. The molecule has 6 rings (SSSR count). The molecule has 1 N–H and O–H groups in total. The van der Waals surface area contributed by atoms with Crippen molar-refractivity contribution in [1.29, 1.82) is 0 Å². The third kappa shape index (κ3) is 2.26. The number of nitrogens with zero attached hydrogens (tertiary/aromatic N) is 1. The second-order valence-electron chi connectivity index (χ2n) is 7.59. The van der Waals surface area contributed by atoms with E-state index in [0.717, 1.165) is 11.3 Å². The van der Waals surface area contributed by atoms with E-state index in [-0.39, 0.29) is 42.0 Å². The standard InChI is InChI=1S/C19H16Cl2N2O3/c20-8-1-4-14(13(21)5-8)22-15(24)7-23-18(25)16-9-2-3-10(12-6-11(9)12)17(16)19(23)26/h1-5,9-12,16-17H,6-7H2,(H,22,24)/t9-,10+,11-,12-,16+,17+/m1/s1. The highest BCUT2D eigenvalue weighted by Crippen LogP contribution is 2.65. The predicted octanol–water partition coefficient (Wildman–Crippen LogP) is 2.99. The molecule has 1 saturated heterocycles. The number of carbonyl (C=O) groups is 3. The monoisotopic (exact) mass is 390 g/mol. The summed E-state index contributed by atoms with van der Waals surface area (Å²) in [4.78, 5) is 39.2. The van der Waals surface area contributed by atoms with Crippen LogP contribution in [0.4, 0.5) is 5.69 Å². The van der Waals surface area contributed by atoms with Crippen LogP contribution in [0.3, 0.4) is 0 Å². The van der Waals surface area contributed by atoms with Crippen LogP contribution in [0.2, 0.25) is 10.0 Å². The van der Waals surface area contributed by atoms with Crippen LogP contribution in [0.1, 0.15) is 6.42 Å². The molecule has 0 aromatic heterocycles. The Morgan fingerprint density at radius 1 is 1.08 bits per heavy atom. The third-order valence-corrected chi connectivity index (χ3v) is 6.81. The summed E-state index contributed by atoms with van der Waals surface area (Å²) in [5.41, 5.74) is 0.403. The molecule has 1 aromatic carbocycles. The van der Waals surface area contributed by atoms with Gasteiger partial charge in [0.1, 0.15) is 6.54 Å². The first kappa shape index (κ1) is 16.3. The number of nitrogens with one attached hydrogen (secondary N) is 1. The molecule has 2 saturated carbocycles. The van der Waals surface area contributed by atoms with Crippen LogP contribution in [0, 0.1) is 35.5 Å². The summed E-state index contributed by atoms with van der Waals surface area (Å²) < 4.78 is 0. The number of carbonyl (C=O) groups excluding carboxylic acids is 3. The number of benzene rings is 1. The molecule has 7 heteroatoms. The first-order valence-electron chi connectivity index (χ1n) is 8.74. The number of hydrogen-bond donors (Lipinski definition) is 1. The SMILES string of the molecule is O=C(CN1C(=O)[C@H]2[C@@H]3C=C[C@@H]([C@H]4C[C@H]34)[C@@H]2C1=O)Nc1ccc(Cl)cc1Cl. The fraction of sp³-hybridized carbons (Fsp3) is 0.421. The minimum absolute atomic E-state index is 0.158. The first-order valence-corrected chi connectivity index (χ1v) is 9.50. The molecule has 3 fully saturated rings. The van der Waals surface area contributed by atoms with Crippen LogP contribution in [-0.4, -0.2) is 29.2 Å². The number of likely N-dealkylation sites (tertiary alicyclic amines) is 1. The number of allylic oxidation sites excluding steroid dienone is 2. The molecule has 5 aliphatic rings. The van der Waals surface area contributed by atoms with Crippen molar-refractivity contribution in [2.45, 2.75) is 6.42 Å². The molecule has 0 spiro atoms. The van der Waals surface area contributed by atoms with E-state index in [1.807, 2.05) is 0 Å². The fourth-order valence-electron chi connectivity index (χ4n) is 5.10. The Balaban J connectivity index is 1.33. The number of hydrogen-bond acceptors (Lipinski definition) is 3. The number of imide groups is 1. The summed E-state index contributed by atoms with van der Waals surface area (Å²) in [5.74, 6) is -0.0183. The zero-order chi connectivity index (χ0) is 18.2. The van der Waals surface area contributed by atoms with Gasteiger partial charge in [0.15, 0.2) is 0 Å². The van der Waals surface area contributed by atoms with Gasteiger partial charge in [0.2, 0.25) is 17.7 Å². The van der Waals surface area contributed by atoms with Crippen molar-refractivity contribution in [3.05, 3.63) is 40.4 Å². The maximum Gasteiger partial charge on any atom is 0.244 e. The minimum atomic E-state index is -0.444. The molecule has 5 nitrogen and oxygen atoms in total. The Kier molecular flexibility index (Phi) is 3.50. The highest BCUT2D eigenvalue weighted by molar-refractivity contribution is 6.36. The van der Waals surface area contributed by atoms with E-state index in [2.05, 4.69) is 17.5 Å². The van der Waals surface area contributed by atoms with Crippen LogP contribution in [0.15, 0.2) is 30.4 Å². The molecule has 0 unspecified atom stereocenters. The fourth-order valence-corrected chi connectivity index (χ4v) is 5.55. The Morgan fingerprint density at radius 3 is 2.27 bits per heavy atom.